The molecule has 0 atom stereocenters. The zero-order valence-corrected chi connectivity index (χ0v) is 7.15. The number of rotatable bonds is 3. The van der Waals surface area contributed by atoms with Crippen molar-refractivity contribution in [3.63, 3.8) is 0 Å². The molecule has 0 unspecified atom stereocenters. The Balaban J connectivity index is 3.09. The summed E-state index contributed by atoms with van der Waals surface area (Å²) in [5.74, 6) is 0.566. The SMILES string of the molecule is COc1ccc(CC#N)c(N=O)c1. The van der Waals surface area contributed by atoms with Gasteiger partial charge in [-0.05, 0) is 16.8 Å². The fraction of sp³-hybridized carbons (Fsp3) is 0.222. The Hall–Kier alpha value is -1.89. The van der Waals surface area contributed by atoms with E-state index in [4.69, 9.17) is 10.00 Å². The molecular formula is C9H8N2O2. The lowest BCUT2D eigenvalue weighted by molar-refractivity contribution is 0.415. The summed E-state index contributed by atoms with van der Waals surface area (Å²) in [6, 6.07) is 6.83. The fourth-order valence-electron chi connectivity index (χ4n) is 0.990. The number of hydrogen-bond acceptors (Lipinski definition) is 4. The summed E-state index contributed by atoms with van der Waals surface area (Å²) in [6.07, 6.45) is 0.186. The van der Waals surface area contributed by atoms with Crippen LogP contribution in [0.1, 0.15) is 5.56 Å². The van der Waals surface area contributed by atoms with E-state index >= 15 is 0 Å². The van der Waals surface area contributed by atoms with Crippen LogP contribution in [-0.4, -0.2) is 7.11 Å². The minimum Gasteiger partial charge on any atom is -0.497 e. The van der Waals surface area contributed by atoms with Crippen LogP contribution in [0.4, 0.5) is 5.69 Å². The lowest BCUT2D eigenvalue weighted by atomic mass is 10.1. The molecule has 0 aliphatic carbocycles. The first-order valence-corrected chi connectivity index (χ1v) is 3.69. The van der Waals surface area contributed by atoms with Gasteiger partial charge < -0.3 is 4.74 Å². The third-order valence-electron chi connectivity index (χ3n) is 1.66. The van der Waals surface area contributed by atoms with E-state index in [1.165, 1.54) is 13.2 Å². The lowest BCUT2D eigenvalue weighted by Gasteiger charge is -2.02. The highest BCUT2D eigenvalue weighted by Crippen LogP contribution is 2.24. The van der Waals surface area contributed by atoms with Gasteiger partial charge in [-0.25, -0.2) is 0 Å². The Kier molecular flexibility index (Phi) is 2.98. The van der Waals surface area contributed by atoms with Crippen LogP contribution >= 0.6 is 0 Å². The molecule has 0 heterocycles. The van der Waals surface area contributed by atoms with Crippen LogP contribution in [0.3, 0.4) is 0 Å². The Labute approximate surface area is 75.7 Å². The third kappa shape index (κ3) is 2.03. The minimum absolute atomic E-state index is 0.186. The molecule has 0 spiro atoms. The number of nitrogens with zero attached hydrogens (tertiary/aromatic N) is 2. The van der Waals surface area contributed by atoms with Crippen LogP contribution in [0.15, 0.2) is 23.4 Å². The maximum atomic E-state index is 10.4. The van der Waals surface area contributed by atoms with Crippen molar-refractivity contribution < 1.29 is 4.74 Å². The number of methoxy groups -OCH3 is 1. The molecule has 4 nitrogen and oxygen atoms in total. The summed E-state index contributed by atoms with van der Waals surface area (Å²) in [5, 5.41) is 11.3. The molecule has 0 saturated carbocycles. The second-order valence-electron chi connectivity index (χ2n) is 2.42. The summed E-state index contributed by atoms with van der Waals surface area (Å²) in [6.45, 7) is 0. The third-order valence-corrected chi connectivity index (χ3v) is 1.66. The van der Waals surface area contributed by atoms with Crippen LogP contribution in [-0.2, 0) is 6.42 Å². The van der Waals surface area contributed by atoms with Crippen molar-refractivity contribution in [3.8, 4) is 11.8 Å². The molecule has 0 aromatic heterocycles. The van der Waals surface area contributed by atoms with Crippen molar-refractivity contribution in [2.45, 2.75) is 6.42 Å². The van der Waals surface area contributed by atoms with Crippen molar-refractivity contribution in [2.75, 3.05) is 7.11 Å². The summed E-state index contributed by atoms with van der Waals surface area (Å²) >= 11 is 0. The summed E-state index contributed by atoms with van der Waals surface area (Å²) in [5.41, 5.74) is 0.888. The normalized spacial score (nSPS) is 8.92. The van der Waals surface area contributed by atoms with Crippen molar-refractivity contribution in [1.82, 2.24) is 0 Å². The predicted molar refractivity (Wildman–Crippen MR) is 47.8 cm³/mol. The highest BCUT2D eigenvalue weighted by Gasteiger charge is 2.03. The summed E-state index contributed by atoms with van der Waals surface area (Å²) in [4.78, 5) is 10.4. The number of hydrogen-bond donors (Lipinski definition) is 0. The van der Waals surface area contributed by atoms with Gasteiger partial charge in [-0.2, -0.15) is 5.26 Å². The zero-order valence-electron chi connectivity index (χ0n) is 7.15. The van der Waals surface area contributed by atoms with Crippen molar-refractivity contribution >= 4 is 5.69 Å². The molecule has 0 N–H and O–H groups in total. The molecule has 0 bridgehead atoms. The van der Waals surface area contributed by atoms with E-state index in [1.807, 2.05) is 6.07 Å². The van der Waals surface area contributed by atoms with E-state index in [1.54, 1.807) is 12.1 Å². The molecule has 0 radical (unpaired) electrons. The van der Waals surface area contributed by atoms with E-state index in [9.17, 15) is 4.91 Å². The van der Waals surface area contributed by atoms with Gasteiger partial charge in [-0.1, -0.05) is 6.07 Å². The molecule has 0 aliphatic heterocycles. The summed E-state index contributed by atoms with van der Waals surface area (Å²) in [7, 11) is 1.51. The molecule has 1 aromatic carbocycles. The van der Waals surface area contributed by atoms with Gasteiger partial charge in [-0.3, -0.25) is 0 Å². The van der Waals surface area contributed by atoms with Crippen molar-refractivity contribution in [1.29, 1.82) is 5.26 Å². The van der Waals surface area contributed by atoms with Gasteiger partial charge in [0.15, 0.2) is 0 Å². The molecule has 4 heteroatoms. The van der Waals surface area contributed by atoms with Gasteiger partial charge in [0, 0.05) is 6.07 Å². The highest BCUT2D eigenvalue weighted by molar-refractivity contribution is 5.51. The number of nitriles is 1. The predicted octanol–water partition coefficient (Wildman–Crippen LogP) is 2.16. The van der Waals surface area contributed by atoms with E-state index in [0.717, 1.165) is 0 Å². The molecule has 0 saturated heterocycles. The highest BCUT2D eigenvalue weighted by atomic mass is 16.5. The molecule has 13 heavy (non-hydrogen) atoms. The number of benzene rings is 1. The maximum absolute atomic E-state index is 10.4. The largest absolute Gasteiger partial charge is 0.497 e. The molecule has 0 fully saturated rings. The van der Waals surface area contributed by atoms with E-state index in [2.05, 4.69) is 5.18 Å². The zero-order chi connectivity index (χ0) is 9.68. The van der Waals surface area contributed by atoms with Crippen LogP contribution in [0.2, 0.25) is 0 Å². The van der Waals surface area contributed by atoms with Crippen LogP contribution in [0.5, 0.6) is 5.75 Å². The number of nitroso groups, excluding NO2 is 1. The minimum atomic E-state index is 0.186. The smallest absolute Gasteiger partial charge is 0.121 e. The molecule has 0 amide bonds. The average molecular weight is 176 g/mol. The van der Waals surface area contributed by atoms with Crippen LogP contribution in [0, 0.1) is 16.2 Å². The van der Waals surface area contributed by atoms with Gasteiger partial charge in [0.2, 0.25) is 0 Å². The summed E-state index contributed by atoms with van der Waals surface area (Å²) < 4.78 is 4.91. The Morgan fingerprint density at radius 1 is 1.62 bits per heavy atom. The Morgan fingerprint density at radius 2 is 2.38 bits per heavy atom. The van der Waals surface area contributed by atoms with E-state index in [-0.39, 0.29) is 12.1 Å². The first-order valence-electron chi connectivity index (χ1n) is 3.69. The van der Waals surface area contributed by atoms with E-state index in [0.29, 0.717) is 11.3 Å². The van der Waals surface area contributed by atoms with E-state index < -0.39 is 0 Å². The molecule has 0 aliphatic rings. The number of ether oxygens (including phenoxy) is 1. The Bertz CT molecular complexity index is 355. The molecule has 66 valence electrons. The maximum Gasteiger partial charge on any atom is 0.121 e. The van der Waals surface area contributed by atoms with Gasteiger partial charge >= 0.3 is 0 Å². The second kappa shape index (κ2) is 4.21. The monoisotopic (exact) mass is 176 g/mol. The molecule has 1 aromatic rings. The average Bonchev–Trinajstić information content (AvgIpc) is 2.19. The van der Waals surface area contributed by atoms with Crippen LogP contribution < -0.4 is 4.74 Å². The van der Waals surface area contributed by atoms with Crippen molar-refractivity contribution in [2.24, 2.45) is 5.18 Å². The Morgan fingerprint density at radius 3 is 2.92 bits per heavy atom. The molecule has 1 rings (SSSR count). The first kappa shape index (κ1) is 9.20. The lowest BCUT2D eigenvalue weighted by Crippen LogP contribution is -1.86. The fourth-order valence-corrected chi connectivity index (χ4v) is 0.990. The molecular weight excluding hydrogens is 168 g/mol. The van der Waals surface area contributed by atoms with Gasteiger partial charge in [-0.15, -0.1) is 4.91 Å². The topological polar surface area (TPSA) is 62.4 Å². The van der Waals surface area contributed by atoms with Gasteiger partial charge in [0.1, 0.15) is 11.4 Å². The quantitative estimate of drug-likeness (QED) is 0.663. The van der Waals surface area contributed by atoms with Gasteiger partial charge in [0.25, 0.3) is 0 Å². The second-order valence-corrected chi connectivity index (χ2v) is 2.42. The first-order chi connectivity index (χ1) is 6.31. The van der Waals surface area contributed by atoms with Gasteiger partial charge in [0.05, 0.1) is 19.6 Å². The van der Waals surface area contributed by atoms with Crippen molar-refractivity contribution in [3.05, 3.63) is 28.7 Å². The standard InChI is InChI=1S/C9H8N2O2/c1-13-8-3-2-7(4-5-10)9(6-8)11-12/h2-3,6H,4H2,1H3. The van der Waals surface area contributed by atoms with Crippen LogP contribution in [0.25, 0.3) is 0 Å².